The van der Waals surface area contributed by atoms with Crippen LogP contribution >= 0.6 is 0 Å². The molecule has 5 nitrogen and oxygen atoms in total. The highest BCUT2D eigenvalue weighted by Crippen LogP contribution is 2.28. The molecule has 106 valence electrons. The third kappa shape index (κ3) is 2.88. The van der Waals surface area contributed by atoms with Crippen molar-refractivity contribution in [2.24, 2.45) is 0 Å². The van der Waals surface area contributed by atoms with E-state index in [-0.39, 0.29) is 0 Å². The second-order valence-electron chi connectivity index (χ2n) is 4.71. The van der Waals surface area contributed by atoms with Gasteiger partial charge in [-0.25, -0.2) is 9.97 Å². The Morgan fingerprint density at radius 3 is 2.35 bits per heavy atom. The molecule has 0 spiro atoms. The number of aromatic nitrogens is 2. The molecule has 2 N–H and O–H groups in total. The van der Waals surface area contributed by atoms with E-state index in [0.29, 0.717) is 18.2 Å². The third-order valence-electron chi connectivity index (χ3n) is 3.08. The predicted molar refractivity (Wildman–Crippen MR) is 78.9 cm³/mol. The standard InChI is InChI=1S/C15H19N3O2/c1-9-5-11(6-10(2)14(9)19)15-17-12(8-20-4)7-13(16-3)18-15/h5-7,19H,8H2,1-4H3,(H,16,17,18). The summed E-state index contributed by atoms with van der Waals surface area (Å²) < 4.78 is 5.13. The minimum atomic E-state index is 0.315. The van der Waals surface area contributed by atoms with Gasteiger partial charge in [-0.1, -0.05) is 0 Å². The van der Waals surface area contributed by atoms with Crippen LogP contribution in [0.15, 0.2) is 18.2 Å². The summed E-state index contributed by atoms with van der Waals surface area (Å²) in [5.74, 6) is 1.68. The Kier molecular flexibility index (Phi) is 4.20. The molecule has 0 atom stereocenters. The summed E-state index contributed by atoms with van der Waals surface area (Å²) >= 11 is 0. The van der Waals surface area contributed by atoms with Gasteiger partial charge >= 0.3 is 0 Å². The number of anilines is 1. The van der Waals surface area contributed by atoms with Crippen molar-refractivity contribution in [3.05, 3.63) is 35.0 Å². The first-order valence-corrected chi connectivity index (χ1v) is 6.40. The maximum Gasteiger partial charge on any atom is 0.161 e. The number of benzene rings is 1. The number of ether oxygens (including phenoxy) is 1. The summed E-state index contributed by atoms with van der Waals surface area (Å²) in [4.78, 5) is 8.95. The van der Waals surface area contributed by atoms with Crippen LogP contribution < -0.4 is 5.32 Å². The topological polar surface area (TPSA) is 67.3 Å². The monoisotopic (exact) mass is 273 g/mol. The Hall–Kier alpha value is -2.14. The van der Waals surface area contributed by atoms with Gasteiger partial charge in [0.1, 0.15) is 11.6 Å². The number of rotatable bonds is 4. The van der Waals surface area contributed by atoms with E-state index >= 15 is 0 Å². The van der Waals surface area contributed by atoms with E-state index in [1.54, 1.807) is 7.11 Å². The van der Waals surface area contributed by atoms with Gasteiger partial charge in [-0.2, -0.15) is 0 Å². The normalized spacial score (nSPS) is 10.6. The van der Waals surface area contributed by atoms with Gasteiger partial charge in [-0.05, 0) is 37.1 Å². The highest BCUT2D eigenvalue weighted by molar-refractivity contribution is 5.62. The molecule has 5 heteroatoms. The number of aromatic hydroxyl groups is 1. The van der Waals surface area contributed by atoms with Crippen LogP contribution in [0.2, 0.25) is 0 Å². The van der Waals surface area contributed by atoms with E-state index in [2.05, 4.69) is 15.3 Å². The Labute approximate surface area is 118 Å². The predicted octanol–water partition coefficient (Wildman–Crippen LogP) is 2.65. The molecule has 2 aromatic rings. The molecular formula is C15H19N3O2. The van der Waals surface area contributed by atoms with Gasteiger partial charge < -0.3 is 15.2 Å². The van der Waals surface area contributed by atoms with Crippen molar-refractivity contribution in [3.8, 4) is 17.1 Å². The van der Waals surface area contributed by atoms with E-state index in [1.165, 1.54) is 0 Å². The number of phenols is 1. The molecular weight excluding hydrogens is 254 g/mol. The Morgan fingerprint density at radius 2 is 1.80 bits per heavy atom. The number of hydrogen-bond acceptors (Lipinski definition) is 5. The zero-order chi connectivity index (χ0) is 14.7. The molecule has 2 rings (SSSR count). The first-order chi connectivity index (χ1) is 9.55. The zero-order valence-corrected chi connectivity index (χ0v) is 12.2. The Balaban J connectivity index is 2.53. The summed E-state index contributed by atoms with van der Waals surface area (Å²) in [6.45, 7) is 4.16. The van der Waals surface area contributed by atoms with Crippen LogP contribution in [0.5, 0.6) is 5.75 Å². The number of aryl methyl sites for hydroxylation is 2. The van der Waals surface area contributed by atoms with Crippen molar-refractivity contribution in [2.75, 3.05) is 19.5 Å². The second kappa shape index (κ2) is 5.88. The Morgan fingerprint density at radius 1 is 1.15 bits per heavy atom. The SMILES string of the molecule is CNc1cc(COC)nc(-c2cc(C)c(O)c(C)c2)n1. The van der Waals surface area contributed by atoms with E-state index in [9.17, 15) is 5.11 Å². The van der Waals surface area contributed by atoms with E-state index < -0.39 is 0 Å². The van der Waals surface area contributed by atoms with Crippen LogP contribution in [0, 0.1) is 13.8 Å². The van der Waals surface area contributed by atoms with Crippen LogP contribution in [0.25, 0.3) is 11.4 Å². The summed E-state index contributed by atoms with van der Waals surface area (Å²) in [7, 11) is 3.45. The first kappa shape index (κ1) is 14.3. The highest BCUT2D eigenvalue weighted by Gasteiger charge is 2.10. The maximum absolute atomic E-state index is 9.84. The van der Waals surface area contributed by atoms with Crippen LogP contribution in [-0.4, -0.2) is 29.2 Å². The van der Waals surface area contributed by atoms with Gasteiger partial charge in [0, 0.05) is 25.8 Å². The minimum absolute atomic E-state index is 0.315. The summed E-state index contributed by atoms with van der Waals surface area (Å²) in [6.07, 6.45) is 0. The second-order valence-corrected chi connectivity index (χ2v) is 4.71. The third-order valence-corrected chi connectivity index (χ3v) is 3.08. The van der Waals surface area contributed by atoms with Crippen molar-refractivity contribution >= 4 is 5.82 Å². The lowest BCUT2D eigenvalue weighted by molar-refractivity contribution is 0.181. The average Bonchev–Trinajstić information content (AvgIpc) is 2.44. The fourth-order valence-corrected chi connectivity index (χ4v) is 2.06. The quantitative estimate of drug-likeness (QED) is 0.896. The lowest BCUT2D eigenvalue weighted by Gasteiger charge is -2.10. The molecule has 0 aliphatic rings. The zero-order valence-electron chi connectivity index (χ0n) is 12.2. The van der Waals surface area contributed by atoms with Crippen LogP contribution in [-0.2, 0) is 11.3 Å². The van der Waals surface area contributed by atoms with Crippen LogP contribution in [0.1, 0.15) is 16.8 Å². The molecule has 20 heavy (non-hydrogen) atoms. The highest BCUT2D eigenvalue weighted by atomic mass is 16.5. The van der Waals surface area contributed by atoms with Gasteiger partial charge in [0.15, 0.2) is 5.82 Å². The molecule has 0 saturated carbocycles. The summed E-state index contributed by atoms with van der Waals surface area (Å²) in [6, 6.07) is 5.62. The Bertz CT molecular complexity index is 604. The van der Waals surface area contributed by atoms with Crippen molar-refractivity contribution in [1.29, 1.82) is 0 Å². The van der Waals surface area contributed by atoms with Crippen molar-refractivity contribution in [2.45, 2.75) is 20.5 Å². The average molecular weight is 273 g/mol. The molecule has 0 bridgehead atoms. The lowest BCUT2D eigenvalue weighted by atomic mass is 10.1. The molecule has 1 aromatic heterocycles. The van der Waals surface area contributed by atoms with Gasteiger partial charge in [0.05, 0.1) is 12.3 Å². The van der Waals surface area contributed by atoms with E-state index in [4.69, 9.17) is 4.74 Å². The number of nitrogens with one attached hydrogen (secondary N) is 1. The minimum Gasteiger partial charge on any atom is -0.507 e. The van der Waals surface area contributed by atoms with Gasteiger partial charge in [0.25, 0.3) is 0 Å². The van der Waals surface area contributed by atoms with E-state index in [1.807, 2.05) is 39.1 Å². The fourth-order valence-electron chi connectivity index (χ4n) is 2.06. The first-order valence-electron chi connectivity index (χ1n) is 6.40. The molecule has 0 fully saturated rings. The molecule has 0 aliphatic heterocycles. The molecule has 1 aromatic carbocycles. The molecule has 0 unspecified atom stereocenters. The number of hydrogen-bond donors (Lipinski definition) is 2. The molecule has 0 saturated heterocycles. The summed E-state index contributed by atoms with van der Waals surface area (Å²) in [5, 5.41) is 12.9. The van der Waals surface area contributed by atoms with Crippen LogP contribution in [0.4, 0.5) is 5.82 Å². The number of methoxy groups -OCH3 is 1. The van der Waals surface area contributed by atoms with Gasteiger partial charge in [-0.3, -0.25) is 0 Å². The lowest BCUT2D eigenvalue weighted by Crippen LogP contribution is -2.02. The van der Waals surface area contributed by atoms with E-state index in [0.717, 1.165) is 28.2 Å². The maximum atomic E-state index is 9.84. The summed E-state index contributed by atoms with van der Waals surface area (Å²) in [5.41, 5.74) is 3.32. The largest absolute Gasteiger partial charge is 0.507 e. The molecule has 0 radical (unpaired) electrons. The van der Waals surface area contributed by atoms with Gasteiger partial charge in [0.2, 0.25) is 0 Å². The van der Waals surface area contributed by atoms with Gasteiger partial charge in [-0.15, -0.1) is 0 Å². The smallest absolute Gasteiger partial charge is 0.161 e. The van der Waals surface area contributed by atoms with Crippen molar-refractivity contribution in [1.82, 2.24) is 9.97 Å². The molecule has 0 amide bonds. The van der Waals surface area contributed by atoms with Crippen molar-refractivity contribution < 1.29 is 9.84 Å². The molecule has 1 heterocycles. The fraction of sp³-hybridized carbons (Fsp3) is 0.333. The number of phenolic OH excluding ortho intramolecular Hbond substituents is 1. The molecule has 0 aliphatic carbocycles. The number of nitrogens with zero attached hydrogens (tertiary/aromatic N) is 2. The van der Waals surface area contributed by atoms with Crippen LogP contribution in [0.3, 0.4) is 0 Å². The van der Waals surface area contributed by atoms with Crippen molar-refractivity contribution in [3.63, 3.8) is 0 Å².